The second kappa shape index (κ2) is 11.8. The zero-order valence-corrected chi connectivity index (χ0v) is 19.7. The summed E-state index contributed by atoms with van der Waals surface area (Å²) in [7, 11) is -3.86. The third-order valence-corrected chi connectivity index (χ3v) is 6.62. The molecule has 0 aliphatic heterocycles. The summed E-state index contributed by atoms with van der Waals surface area (Å²) in [6.07, 6.45) is 0. The molecule has 0 heterocycles. The second-order valence-corrected chi connectivity index (χ2v) is 8.52. The summed E-state index contributed by atoms with van der Waals surface area (Å²) in [6.45, 7) is 4.80. The predicted octanol–water partition coefficient (Wildman–Crippen LogP) is 4.37. The van der Waals surface area contributed by atoms with Gasteiger partial charge in [0, 0.05) is 24.3 Å². The number of carbonyl (C=O) groups excluding carboxylic acids is 1. The number of nitrogens with zero attached hydrogens (tertiary/aromatic N) is 1. The van der Waals surface area contributed by atoms with E-state index in [0.717, 1.165) is 0 Å². The Labute approximate surface area is 192 Å². The van der Waals surface area contributed by atoms with Crippen molar-refractivity contribution in [2.45, 2.75) is 39.2 Å². The quantitative estimate of drug-likeness (QED) is 0.479. The Kier molecular flexibility index (Phi) is 9.42. The molecule has 0 spiro atoms. The zero-order valence-electron chi connectivity index (χ0n) is 18.9. The first-order chi connectivity index (χ1) is 15.7. The summed E-state index contributed by atoms with van der Waals surface area (Å²) in [5, 5.41) is 2.62. The van der Waals surface area contributed by atoms with Crippen molar-refractivity contribution in [1.82, 2.24) is 4.31 Å². The highest BCUT2D eigenvalue weighted by Gasteiger charge is 2.26. The van der Waals surface area contributed by atoms with Crippen molar-refractivity contribution in [3.05, 3.63) is 42.0 Å². The molecule has 11 heteroatoms. The van der Waals surface area contributed by atoms with Crippen LogP contribution in [0, 0.1) is 0 Å². The molecule has 8 nitrogen and oxygen atoms in total. The fourth-order valence-electron chi connectivity index (χ4n) is 3.08. The highest BCUT2D eigenvalue weighted by molar-refractivity contribution is 7.89. The van der Waals surface area contributed by atoms with Crippen LogP contribution in [0.2, 0.25) is 0 Å². The van der Waals surface area contributed by atoms with Gasteiger partial charge in [0.1, 0.15) is 10.6 Å². The monoisotopic (exact) mass is 486 g/mol. The molecule has 0 saturated heterocycles. The van der Waals surface area contributed by atoms with Crippen molar-refractivity contribution < 1.29 is 36.2 Å². The Morgan fingerprint density at radius 1 is 0.939 bits per heavy atom. The molecule has 0 atom stereocenters. The van der Waals surface area contributed by atoms with E-state index >= 15 is 0 Å². The molecule has 182 valence electrons. The molecule has 0 unspecified atom stereocenters. The van der Waals surface area contributed by atoms with Gasteiger partial charge in [0.15, 0.2) is 11.5 Å². The van der Waals surface area contributed by atoms with E-state index in [1.165, 1.54) is 40.7 Å². The number of alkyl halides is 2. The number of amides is 1. The van der Waals surface area contributed by atoms with Crippen LogP contribution in [0.3, 0.4) is 0 Å². The fraction of sp³-hybridized carbons (Fsp3) is 0.409. The maximum absolute atomic E-state index is 13.1. The van der Waals surface area contributed by atoms with Gasteiger partial charge in [-0.15, -0.1) is 0 Å². The minimum Gasteiger partial charge on any atom is -0.492 e. The second-order valence-electron chi connectivity index (χ2n) is 6.61. The third kappa shape index (κ3) is 6.55. The summed E-state index contributed by atoms with van der Waals surface area (Å²) in [5.41, 5.74) is 0.335. The standard InChI is InChI=1S/C22H28F2N2O6S/c1-5-26(6-2)33(28,29)20-14-16(10-12-18(20)30-7-3)25-21(27)15-9-11-17(32-22(23)24)19(13-15)31-8-4/h9-14,22H,5-8H2,1-4H3,(H,25,27). The Morgan fingerprint density at radius 3 is 2.12 bits per heavy atom. The number of anilines is 1. The summed E-state index contributed by atoms with van der Waals surface area (Å²) in [4.78, 5) is 12.7. The molecule has 2 aromatic rings. The Morgan fingerprint density at radius 2 is 1.55 bits per heavy atom. The van der Waals surface area contributed by atoms with E-state index in [1.54, 1.807) is 27.7 Å². The van der Waals surface area contributed by atoms with E-state index in [-0.39, 0.29) is 59.7 Å². The number of sulfonamides is 1. The number of rotatable bonds is 12. The molecule has 0 aromatic heterocycles. The van der Waals surface area contributed by atoms with E-state index in [4.69, 9.17) is 9.47 Å². The zero-order chi connectivity index (χ0) is 24.6. The van der Waals surface area contributed by atoms with Gasteiger partial charge in [-0.25, -0.2) is 8.42 Å². The van der Waals surface area contributed by atoms with E-state index in [2.05, 4.69) is 10.1 Å². The van der Waals surface area contributed by atoms with Crippen molar-refractivity contribution in [3.8, 4) is 17.2 Å². The maximum Gasteiger partial charge on any atom is 0.387 e. The van der Waals surface area contributed by atoms with Crippen molar-refractivity contribution in [1.29, 1.82) is 0 Å². The van der Waals surface area contributed by atoms with Crippen LogP contribution in [0.5, 0.6) is 17.2 Å². The highest BCUT2D eigenvalue weighted by atomic mass is 32.2. The summed E-state index contributed by atoms with van der Waals surface area (Å²) >= 11 is 0. The van der Waals surface area contributed by atoms with Gasteiger partial charge in [-0.2, -0.15) is 13.1 Å². The van der Waals surface area contributed by atoms with Gasteiger partial charge in [0.2, 0.25) is 10.0 Å². The lowest BCUT2D eigenvalue weighted by molar-refractivity contribution is -0.0514. The minimum absolute atomic E-state index is 0.0121. The van der Waals surface area contributed by atoms with Crippen molar-refractivity contribution in [2.24, 2.45) is 0 Å². The van der Waals surface area contributed by atoms with Crippen molar-refractivity contribution >= 4 is 21.6 Å². The number of nitrogens with one attached hydrogen (secondary N) is 1. The average Bonchev–Trinajstić information content (AvgIpc) is 2.76. The van der Waals surface area contributed by atoms with Crippen LogP contribution in [-0.4, -0.2) is 51.5 Å². The minimum atomic E-state index is -3.86. The summed E-state index contributed by atoms with van der Waals surface area (Å²) in [5.74, 6) is -0.622. The van der Waals surface area contributed by atoms with Gasteiger partial charge in [-0.3, -0.25) is 4.79 Å². The molecule has 33 heavy (non-hydrogen) atoms. The molecular weight excluding hydrogens is 458 g/mol. The Balaban J connectivity index is 2.39. The van der Waals surface area contributed by atoms with E-state index in [1.807, 2.05) is 0 Å². The van der Waals surface area contributed by atoms with Crippen LogP contribution < -0.4 is 19.5 Å². The van der Waals surface area contributed by atoms with Crippen molar-refractivity contribution in [2.75, 3.05) is 31.6 Å². The molecule has 0 fully saturated rings. The third-order valence-electron chi connectivity index (χ3n) is 4.55. The SMILES string of the molecule is CCOc1cc(C(=O)Nc2ccc(OCC)c(S(=O)(=O)N(CC)CC)c2)ccc1OC(F)F. The van der Waals surface area contributed by atoms with Gasteiger partial charge < -0.3 is 19.5 Å². The van der Waals surface area contributed by atoms with Crippen LogP contribution in [-0.2, 0) is 10.0 Å². The lowest BCUT2D eigenvalue weighted by Gasteiger charge is -2.21. The number of benzene rings is 2. The van der Waals surface area contributed by atoms with Gasteiger partial charge in [-0.1, -0.05) is 13.8 Å². The van der Waals surface area contributed by atoms with Gasteiger partial charge in [0.05, 0.1) is 13.2 Å². The molecule has 1 N–H and O–H groups in total. The largest absolute Gasteiger partial charge is 0.492 e. The lowest BCUT2D eigenvalue weighted by atomic mass is 10.1. The first kappa shape index (κ1) is 26.3. The average molecular weight is 487 g/mol. The smallest absolute Gasteiger partial charge is 0.387 e. The van der Waals surface area contributed by atoms with E-state index in [9.17, 15) is 22.0 Å². The van der Waals surface area contributed by atoms with E-state index < -0.39 is 22.5 Å². The van der Waals surface area contributed by atoms with Gasteiger partial charge in [0.25, 0.3) is 5.91 Å². The molecule has 1 amide bonds. The first-order valence-electron chi connectivity index (χ1n) is 10.5. The van der Waals surface area contributed by atoms with Crippen LogP contribution >= 0.6 is 0 Å². The molecular formula is C22H28F2N2O6S. The molecule has 2 aromatic carbocycles. The van der Waals surface area contributed by atoms with Crippen LogP contribution in [0.15, 0.2) is 41.3 Å². The van der Waals surface area contributed by atoms with Gasteiger partial charge in [-0.05, 0) is 50.2 Å². The summed E-state index contributed by atoms with van der Waals surface area (Å²) in [6, 6.07) is 8.10. The molecule has 0 aliphatic rings. The van der Waals surface area contributed by atoms with Crippen LogP contribution in [0.25, 0.3) is 0 Å². The maximum atomic E-state index is 13.1. The van der Waals surface area contributed by atoms with Crippen LogP contribution in [0.4, 0.5) is 14.5 Å². The summed E-state index contributed by atoms with van der Waals surface area (Å²) < 4.78 is 67.8. The van der Waals surface area contributed by atoms with Crippen LogP contribution in [0.1, 0.15) is 38.1 Å². The number of halogens is 2. The number of hydrogen-bond acceptors (Lipinski definition) is 6. The lowest BCUT2D eigenvalue weighted by Crippen LogP contribution is -2.31. The Bertz CT molecular complexity index is 1060. The molecule has 0 aliphatic carbocycles. The Hall–Kier alpha value is -2.92. The molecule has 0 radical (unpaired) electrons. The topological polar surface area (TPSA) is 94.2 Å². The molecule has 0 saturated carbocycles. The number of hydrogen-bond donors (Lipinski definition) is 1. The predicted molar refractivity (Wildman–Crippen MR) is 120 cm³/mol. The normalized spacial score (nSPS) is 11.5. The number of ether oxygens (including phenoxy) is 3. The number of carbonyl (C=O) groups is 1. The van der Waals surface area contributed by atoms with Crippen molar-refractivity contribution in [3.63, 3.8) is 0 Å². The van der Waals surface area contributed by atoms with Gasteiger partial charge >= 0.3 is 6.61 Å². The fourth-order valence-corrected chi connectivity index (χ4v) is 4.69. The highest BCUT2D eigenvalue weighted by Crippen LogP contribution is 2.32. The van der Waals surface area contributed by atoms with E-state index in [0.29, 0.717) is 0 Å². The first-order valence-corrected chi connectivity index (χ1v) is 11.9. The molecule has 0 bridgehead atoms. The molecule has 2 rings (SSSR count).